The van der Waals surface area contributed by atoms with Crippen molar-refractivity contribution < 1.29 is 9.53 Å². The first-order valence-corrected chi connectivity index (χ1v) is 8.22. The van der Waals surface area contributed by atoms with Crippen LogP contribution in [0.3, 0.4) is 0 Å². The lowest BCUT2D eigenvalue weighted by atomic mass is 10.1. The van der Waals surface area contributed by atoms with Crippen LogP contribution in [0.25, 0.3) is 10.8 Å². The molecule has 0 aromatic heterocycles. The van der Waals surface area contributed by atoms with Crippen LogP contribution in [0.2, 0.25) is 0 Å². The van der Waals surface area contributed by atoms with Crippen LogP contribution >= 0.6 is 11.8 Å². The molecule has 3 nitrogen and oxygen atoms in total. The van der Waals surface area contributed by atoms with Crippen LogP contribution in [0.1, 0.15) is 6.92 Å². The van der Waals surface area contributed by atoms with E-state index >= 15 is 0 Å². The smallest absolute Gasteiger partial charge is 0.233 e. The minimum atomic E-state index is 0.147. The molecule has 1 heterocycles. The van der Waals surface area contributed by atoms with E-state index in [1.807, 2.05) is 24.0 Å². The number of carbonyl (C=O) groups is 1. The van der Waals surface area contributed by atoms with Gasteiger partial charge in [0.2, 0.25) is 5.91 Å². The van der Waals surface area contributed by atoms with Crippen molar-refractivity contribution in [3.8, 4) is 0 Å². The highest BCUT2D eigenvalue weighted by atomic mass is 32.2. The molecule has 2 aromatic carbocycles. The number of hydrogen-bond acceptors (Lipinski definition) is 3. The van der Waals surface area contributed by atoms with E-state index in [9.17, 15) is 4.79 Å². The molecule has 3 rings (SSSR count). The largest absolute Gasteiger partial charge is 0.375 e. The van der Waals surface area contributed by atoms with Gasteiger partial charge < -0.3 is 9.64 Å². The van der Waals surface area contributed by atoms with Crippen molar-refractivity contribution in [2.24, 2.45) is 0 Å². The van der Waals surface area contributed by atoms with Crippen molar-refractivity contribution in [1.82, 2.24) is 4.90 Å². The average molecular weight is 301 g/mol. The zero-order chi connectivity index (χ0) is 14.7. The second kappa shape index (κ2) is 6.50. The lowest BCUT2D eigenvalue weighted by molar-refractivity contribution is -0.135. The van der Waals surface area contributed by atoms with Crippen LogP contribution in [0.4, 0.5) is 0 Å². The number of carbonyl (C=O) groups excluding carboxylic acids is 1. The average Bonchev–Trinajstić information content (AvgIpc) is 2.52. The molecule has 0 spiro atoms. The Morgan fingerprint density at radius 1 is 1.29 bits per heavy atom. The number of rotatable bonds is 3. The van der Waals surface area contributed by atoms with E-state index in [1.165, 1.54) is 10.8 Å². The predicted octanol–water partition coefficient (Wildman–Crippen LogP) is 3.18. The van der Waals surface area contributed by atoms with Crippen molar-refractivity contribution in [2.45, 2.75) is 17.9 Å². The first-order valence-electron chi connectivity index (χ1n) is 7.23. The second-order valence-corrected chi connectivity index (χ2v) is 6.37. The Hall–Kier alpha value is -1.52. The lowest BCUT2D eigenvalue weighted by Gasteiger charge is -2.31. The molecule has 0 aliphatic carbocycles. The summed E-state index contributed by atoms with van der Waals surface area (Å²) in [5, 5.41) is 2.45. The fraction of sp³-hybridized carbons (Fsp3) is 0.353. The van der Waals surface area contributed by atoms with Gasteiger partial charge in [0, 0.05) is 18.0 Å². The normalized spacial score (nSPS) is 18.9. The van der Waals surface area contributed by atoms with Crippen LogP contribution in [0, 0.1) is 0 Å². The highest BCUT2D eigenvalue weighted by Crippen LogP contribution is 2.24. The van der Waals surface area contributed by atoms with Gasteiger partial charge in [0.05, 0.1) is 18.5 Å². The van der Waals surface area contributed by atoms with Gasteiger partial charge in [0.25, 0.3) is 0 Å². The monoisotopic (exact) mass is 301 g/mol. The maximum Gasteiger partial charge on any atom is 0.233 e. The van der Waals surface area contributed by atoms with Crippen molar-refractivity contribution in [2.75, 3.05) is 25.4 Å². The van der Waals surface area contributed by atoms with Gasteiger partial charge in [-0.3, -0.25) is 4.79 Å². The summed E-state index contributed by atoms with van der Waals surface area (Å²) in [6.45, 7) is 4.07. The molecule has 0 N–H and O–H groups in total. The molecule has 4 heteroatoms. The topological polar surface area (TPSA) is 29.5 Å². The third-order valence-corrected chi connectivity index (χ3v) is 4.66. The van der Waals surface area contributed by atoms with E-state index in [0.717, 1.165) is 4.90 Å². The SMILES string of the molecule is CC1CN(C(=O)CSc2ccc3ccccc3c2)CCO1. The van der Waals surface area contributed by atoms with Gasteiger partial charge in [-0.1, -0.05) is 30.3 Å². The highest BCUT2D eigenvalue weighted by molar-refractivity contribution is 8.00. The summed E-state index contributed by atoms with van der Waals surface area (Å²) < 4.78 is 5.47. The van der Waals surface area contributed by atoms with E-state index in [0.29, 0.717) is 25.4 Å². The predicted molar refractivity (Wildman–Crippen MR) is 86.7 cm³/mol. The minimum Gasteiger partial charge on any atom is -0.375 e. The van der Waals surface area contributed by atoms with Crippen molar-refractivity contribution in [3.63, 3.8) is 0 Å². The number of hydrogen-bond donors (Lipinski definition) is 0. The fourth-order valence-electron chi connectivity index (χ4n) is 2.54. The molecule has 0 saturated carbocycles. The number of benzene rings is 2. The van der Waals surface area contributed by atoms with Crippen LogP contribution in [-0.4, -0.2) is 42.4 Å². The molecule has 1 aliphatic rings. The Morgan fingerprint density at radius 2 is 2.10 bits per heavy atom. The second-order valence-electron chi connectivity index (χ2n) is 5.32. The van der Waals surface area contributed by atoms with Gasteiger partial charge in [-0.15, -0.1) is 11.8 Å². The minimum absolute atomic E-state index is 0.147. The van der Waals surface area contributed by atoms with Crippen LogP contribution in [0.5, 0.6) is 0 Å². The Kier molecular flexibility index (Phi) is 4.46. The van der Waals surface area contributed by atoms with Crippen LogP contribution < -0.4 is 0 Å². The summed E-state index contributed by atoms with van der Waals surface area (Å²) in [6, 6.07) is 14.6. The molecule has 1 atom stereocenters. The zero-order valence-electron chi connectivity index (χ0n) is 12.1. The van der Waals surface area contributed by atoms with Gasteiger partial charge in [0.15, 0.2) is 0 Å². The van der Waals surface area contributed by atoms with Crippen molar-refractivity contribution >= 4 is 28.4 Å². The number of morpholine rings is 1. The standard InChI is InChI=1S/C17H19NO2S/c1-13-11-18(8-9-20-13)17(19)12-21-16-7-6-14-4-2-3-5-15(14)10-16/h2-7,10,13H,8-9,11-12H2,1H3. The molecule has 1 amide bonds. The van der Waals surface area contributed by atoms with Crippen LogP contribution in [0.15, 0.2) is 47.4 Å². The van der Waals surface area contributed by atoms with Gasteiger partial charge in [0.1, 0.15) is 0 Å². The number of fused-ring (bicyclic) bond motifs is 1. The molecule has 1 unspecified atom stereocenters. The molecule has 1 saturated heterocycles. The molecule has 21 heavy (non-hydrogen) atoms. The maximum absolute atomic E-state index is 12.2. The maximum atomic E-state index is 12.2. The molecule has 1 aliphatic heterocycles. The van der Waals surface area contributed by atoms with E-state index in [1.54, 1.807) is 11.8 Å². The Morgan fingerprint density at radius 3 is 2.90 bits per heavy atom. The third kappa shape index (κ3) is 3.57. The fourth-order valence-corrected chi connectivity index (χ4v) is 3.39. The van der Waals surface area contributed by atoms with Gasteiger partial charge in [-0.25, -0.2) is 0 Å². The van der Waals surface area contributed by atoms with E-state index < -0.39 is 0 Å². The third-order valence-electron chi connectivity index (χ3n) is 3.68. The zero-order valence-corrected chi connectivity index (χ0v) is 12.9. The summed E-state index contributed by atoms with van der Waals surface area (Å²) in [4.78, 5) is 15.3. The summed E-state index contributed by atoms with van der Waals surface area (Å²) >= 11 is 1.61. The Labute approximate surface area is 129 Å². The quantitative estimate of drug-likeness (QED) is 0.816. The molecular formula is C17H19NO2S. The molecule has 0 bridgehead atoms. The highest BCUT2D eigenvalue weighted by Gasteiger charge is 2.21. The van der Waals surface area contributed by atoms with Gasteiger partial charge in [-0.2, -0.15) is 0 Å². The number of nitrogens with zero attached hydrogens (tertiary/aromatic N) is 1. The number of thioether (sulfide) groups is 1. The van der Waals surface area contributed by atoms with Crippen molar-refractivity contribution in [1.29, 1.82) is 0 Å². The van der Waals surface area contributed by atoms with Gasteiger partial charge in [-0.05, 0) is 29.8 Å². The number of ether oxygens (including phenoxy) is 1. The summed E-state index contributed by atoms with van der Waals surface area (Å²) in [5.41, 5.74) is 0. The first-order chi connectivity index (χ1) is 10.2. The summed E-state index contributed by atoms with van der Waals surface area (Å²) in [7, 11) is 0. The summed E-state index contributed by atoms with van der Waals surface area (Å²) in [5.74, 6) is 0.689. The van der Waals surface area contributed by atoms with Crippen molar-refractivity contribution in [3.05, 3.63) is 42.5 Å². The van der Waals surface area contributed by atoms with Crippen LogP contribution in [-0.2, 0) is 9.53 Å². The Balaban J connectivity index is 1.61. The molecular weight excluding hydrogens is 282 g/mol. The lowest BCUT2D eigenvalue weighted by Crippen LogP contribution is -2.45. The molecule has 0 radical (unpaired) electrons. The van der Waals surface area contributed by atoms with E-state index in [-0.39, 0.29) is 12.0 Å². The van der Waals surface area contributed by atoms with E-state index in [2.05, 4.69) is 30.3 Å². The molecule has 2 aromatic rings. The molecule has 110 valence electrons. The first kappa shape index (κ1) is 14.4. The van der Waals surface area contributed by atoms with Gasteiger partial charge >= 0.3 is 0 Å². The van der Waals surface area contributed by atoms with E-state index in [4.69, 9.17) is 4.74 Å². The molecule has 1 fully saturated rings. The summed E-state index contributed by atoms with van der Waals surface area (Å²) in [6.07, 6.45) is 0.147. The number of amides is 1. The Bertz CT molecular complexity index is 643.